The van der Waals surface area contributed by atoms with Crippen molar-refractivity contribution in [3.63, 3.8) is 0 Å². The third-order valence-corrected chi connectivity index (χ3v) is 5.35. The van der Waals surface area contributed by atoms with Gasteiger partial charge in [0, 0.05) is 0 Å². The molecule has 6 heteroatoms. The summed E-state index contributed by atoms with van der Waals surface area (Å²) in [6.07, 6.45) is 0. The molecule has 0 bridgehead atoms. The quantitative estimate of drug-likeness (QED) is 0.183. The lowest BCUT2D eigenvalue weighted by Gasteiger charge is -2.07. The third kappa shape index (κ3) is 8.61. The molecule has 39 heavy (non-hydrogen) atoms. The number of rotatable bonds is 7. The van der Waals surface area contributed by atoms with E-state index in [-0.39, 0.29) is 11.7 Å². The highest BCUT2D eigenvalue weighted by atomic mass is 16.5. The van der Waals surface area contributed by atoms with Gasteiger partial charge in [-0.15, -0.1) is 0 Å². The standard InChI is InChI=1S/C20H16O3.C13H10O3/c21-20(23-19-9-5-2-6-10-19)17-11-13-18(14-12-17)22-15-16-7-3-1-4-8-16;14-11-8-6-10(7-9-11)13(15)16-12-4-2-1-3-5-12/h1-14H,15H2;1-9,14H. The number of hydrogen-bond acceptors (Lipinski definition) is 6. The Hall–Kier alpha value is -5.36. The Morgan fingerprint density at radius 1 is 0.487 bits per heavy atom. The number of hydrogen-bond donors (Lipinski definition) is 1. The summed E-state index contributed by atoms with van der Waals surface area (Å²) in [4.78, 5) is 23.7. The fourth-order valence-corrected chi connectivity index (χ4v) is 3.33. The molecule has 5 aromatic carbocycles. The van der Waals surface area contributed by atoms with Crippen molar-refractivity contribution in [2.24, 2.45) is 0 Å². The monoisotopic (exact) mass is 518 g/mol. The number of phenols is 1. The first-order valence-electron chi connectivity index (χ1n) is 12.2. The average molecular weight is 519 g/mol. The van der Waals surface area contributed by atoms with Crippen LogP contribution in [-0.2, 0) is 6.61 Å². The Balaban J connectivity index is 0.000000193. The Bertz CT molecular complexity index is 1450. The van der Waals surface area contributed by atoms with E-state index in [0.717, 1.165) is 5.56 Å². The molecular formula is C33H26O6. The third-order valence-electron chi connectivity index (χ3n) is 5.35. The van der Waals surface area contributed by atoms with Gasteiger partial charge in [0.05, 0.1) is 11.1 Å². The van der Waals surface area contributed by atoms with Crippen molar-refractivity contribution in [1.82, 2.24) is 0 Å². The molecule has 0 amide bonds. The first-order valence-corrected chi connectivity index (χ1v) is 12.2. The number of para-hydroxylation sites is 2. The van der Waals surface area contributed by atoms with Crippen LogP contribution < -0.4 is 14.2 Å². The molecule has 0 heterocycles. The topological polar surface area (TPSA) is 82.1 Å². The van der Waals surface area contributed by atoms with Gasteiger partial charge in [0.2, 0.25) is 0 Å². The lowest BCUT2D eigenvalue weighted by Crippen LogP contribution is -2.08. The zero-order valence-electron chi connectivity index (χ0n) is 21.0. The van der Waals surface area contributed by atoms with Crippen molar-refractivity contribution in [1.29, 1.82) is 0 Å². The molecule has 194 valence electrons. The van der Waals surface area contributed by atoms with E-state index >= 15 is 0 Å². The summed E-state index contributed by atoms with van der Waals surface area (Å²) < 4.78 is 16.1. The Morgan fingerprint density at radius 2 is 0.897 bits per heavy atom. The van der Waals surface area contributed by atoms with E-state index < -0.39 is 5.97 Å². The summed E-state index contributed by atoms with van der Waals surface area (Å²) in [7, 11) is 0. The number of phenolic OH excluding ortho intramolecular Hbond substituents is 1. The molecular weight excluding hydrogens is 492 g/mol. The first-order chi connectivity index (χ1) is 19.1. The van der Waals surface area contributed by atoms with Crippen molar-refractivity contribution < 1.29 is 28.9 Å². The summed E-state index contributed by atoms with van der Waals surface area (Å²) in [5, 5.41) is 9.08. The van der Waals surface area contributed by atoms with E-state index in [1.165, 1.54) is 24.3 Å². The van der Waals surface area contributed by atoms with Crippen molar-refractivity contribution >= 4 is 11.9 Å². The Labute approximate surface area is 226 Å². The van der Waals surface area contributed by atoms with Gasteiger partial charge in [0.1, 0.15) is 29.6 Å². The van der Waals surface area contributed by atoms with Gasteiger partial charge in [-0.25, -0.2) is 9.59 Å². The predicted octanol–water partition coefficient (Wildman–Crippen LogP) is 7.10. The summed E-state index contributed by atoms with van der Waals surface area (Å²) >= 11 is 0. The maximum Gasteiger partial charge on any atom is 0.343 e. The highest BCUT2D eigenvalue weighted by Gasteiger charge is 2.09. The number of aromatic hydroxyl groups is 1. The predicted molar refractivity (Wildman–Crippen MR) is 148 cm³/mol. The number of carbonyl (C=O) groups excluding carboxylic acids is 2. The van der Waals surface area contributed by atoms with Gasteiger partial charge in [0.25, 0.3) is 0 Å². The van der Waals surface area contributed by atoms with Crippen LogP contribution in [0.25, 0.3) is 0 Å². The fraction of sp³-hybridized carbons (Fsp3) is 0.0303. The molecule has 0 fully saturated rings. The van der Waals surface area contributed by atoms with Gasteiger partial charge >= 0.3 is 11.9 Å². The second-order valence-electron chi connectivity index (χ2n) is 8.25. The molecule has 0 saturated carbocycles. The molecule has 0 saturated heterocycles. The largest absolute Gasteiger partial charge is 0.508 e. The van der Waals surface area contributed by atoms with Gasteiger partial charge in [0.15, 0.2) is 0 Å². The SMILES string of the molecule is O=C(Oc1ccccc1)c1ccc(O)cc1.O=C(Oc1ccccc1)c1ccc(OCc2ccccc2)cc1. The lowest BCUT2D eigenvalue weighted by atomic mass is 10.2. The molecule has 0 aliphatic heterocycles. The molecule has 6 nitrogen and oxygen atoms in total. The minimum Gasteiger partial charge on any atom is -0.508 e. The zero-order valence-corrected chi connectivity index (χ0v) is 21.0. The molecule has 0 radical (unpaired) electrons. The minimum absolute atomic E-state index is 0.122. The molecule has 0 unspecified atom stereocenters. The molecule has 5 rings (SSSR count). The van der Waals surface area contributed by atoms with Crippen LogP contribution in [0.2, 0.25) is 0 Å². The van der Waals surface area contributed by atoms with Crippen molar-refractivity contribution in [3.05, 3.63) is 156 Å². The normalized spacial score (nSPS) is 9.95. The number of ether oxygens (including phenoxy) is 3. The van der Waals surface area contributed by atoms with E-state index in [1.54, 1.807) is 60.7 Å². The number of carbonyl (C=O) groups is 2. The van der Waals surface area contributed by atoms with Crippen LogP contribution in [0.5, 0.6) is 23.0 Å². The molecule has 0 atom stereocenters. The van der Waals surface area contributed by atoms with Gasteiger partial charge in [-0.3, -0.25) is 0 Å². The maximum absolute atomic E-state index is 12.0. The Morgan fingerprint density at radius 3 is 1.36 bits per heavy atom. The molecule has 0 aliphatic rings. The summed E-state index contributed by atoms with van der Waals surface area (Å²) in [5.41, 5.74) is 1.99. The van der Waals surface area contributed by atoms with E-state index in [9.17, 15) is 9.59 Å². The number of esters is 2. The molecule has 1 N–H and O–H groups in total. The van der Waals surface area contributed by atoms with Crippen LogP contribution in [0, 0.1) is 0 Å². The number of benzene rings is 5. The fourth-order valence-electron chi connectivity index (χ4n) is 3.33. The van der Waals surface area contributed by atoms with Gasteiger partial charge in [-0.05, 0) is 78.4 Å². The lowest BCUT2D eigenvalue weighted by molar-refractivity contribution is 0.0725. The molecule has 0 aliphatic carbocycles. The van der Waals surface area contributed by atoms with Crippen LogP contribution in [-0.4, -0.2) is 17.0 Å². The van der Waals surface area contributed by atoms with E-state index in [1.807, 2.05) is 54.6 Å². The maximum atomic E-state index is 12.0. The van der Waals surface area contributed by atoms with E-state index in [2.05, 4.69) is 0 Å². The van der Waals surface area contributed by atoms with Crippen LogP contribution in [0.1, 0.15) is 26.3 Å². The van der Waals surface area contributed by atoms with Crippen LogP contribution >= 0.6 is 0 Å². The minimum atomic E-state index is -0.439. The van der Waals surface area contributed by atoms with Crippen molar-refractivity contribution in [2.75, 3.05) is 0 Å². The second-order valence-corrected chi connectivity index (χ2v) is 8.25. The zero-order chi connectivity index (χ0) is 27.3. The van der Waals surface area contributed by atoms with Gasteiger partial charge in [-0.2, -0.15) is 0 Å². The first kappa shape index (κ1) is 26.7. The van der Waals surface area contributed by atoms with E-state index in [0.29, 0.717) is 35.0 Å². The molecule has 5 aromatic rings. The summed E-state index contributed by atoms with van der Waals surface area (Å²) in [6.45, 7) is 0.495. The second kappa shape index (κ2) is 13.8. The van der Waals surface area contributed by atoms with Gasteiger partial charge in [-0.1, -0.05) is 66.7 Å². The van der Waals surface area contributed by atoms with Crippen LogP contribution in [0.4, 0.5) is 0 Å². The van der Waals surface area contributed by atoms with Crippen molar-refractivity contribution in [3.8, 4) is 23.0 Å². The Kier molecular flexibility index (Phi) is 9.45. The molecule has 0 aromatic heterocycles. The summed E-state index contributed by atoms with van der Waals surface area (Å²) in [6, 6.07) is 40.6. The molecule has 0 spiro atoms. The highest BCUT2D eigenvalue weighted by Crippen LogP contribution is 2.17. The highest BCUT2D eigenvalue weighted by molar-refractivity contribution is 5.91. The smallest absolute Gasteiger partial charge is 0.343 e. The van der Waals surface area contributed by atoms with E-state index in [4.69, 9.17) is 19.3 Å². The van der Waals surface area contributed by atoms with Crippen LogP contribution in [0.3, 0.4) is 0 Å². The average Bonchev–Trinajstić information content (AvgIpc) is 2.98. The van der Waals surface area contributed by atoms with Gasteiger partial charge < -0.3 is 19.3 Å². The summed E-state index contributed by atoms with van der Waals surface area (Å²) in [5.74, 6) is 1.04. The van der Waals surface area contributed by atoms with Crippen LogP contribution in [0.15, 0.2) is 140 Å². The van der Waals surface area contributed by atoms with Crippen molar-refractivity contribution in [2.45, 2.75) is 6.61 Å².